The van der Waals surface area contributed by atoms with E-state index in [1.807, 2.05) is 19.2 Å². The molecule has 0 bridgehead atoms. The number of aryl methyl sites for hydroxylation is 1. The molecule has 0 fully saturated rings. The van der Waals surface area contributed by atoms with Crippen LogP contribution in [0.5, 0.6) is 0 Å². The summed E-state index contributed by atoms with van der Waals surface area (Å²) in [6.45, 7) is 7.33. The van der Waals surface area contributed by atoms with E-state index in [1.54, 1.807) is 6.92 Å². The molecular weight excluding hydrogens is 190 g/mol. The third kappa shape index (κ3) is 7.31. The number of nitrogens with one attached hydrogen (secondary N) is 1. The Bertz CT molecular complexity index is 321. The Balaban J connectivity index is 0.000000288. The Morgan fingerprint density at radius 2 is 2.20 bits per heavy atom. The Kier molecular flexibility index (Phi) is 6.72. The van der Waals surface area contributed by atoms with Gasteiger partial charge in [-0.15, -0.1) is 0 Å². The minimum Gasteiger partial charge on any atom is -0.434 e. The van der Waals surface area contributed by atoms with Crippen molar-refractivity contribution in [2.75, 3.05) is 12.4 Å². The summed E-state index contributed by atoms with van der Waals surface area (Å²) in [6, 6.07) is 8.29. The van der Waals surface area contributed by atoms with Crippen molar-refractivity contribution in [2.45, 2.75) is 13.8 Å². The summed E-state index contributed by atoms with van der Waals surface area (Å²) in [5, 5.41) is 3.07. The summed E-state index contributed by atoms with van der Waals surface area (Å²) < 4.78 is 4.17. The second kappa shape index (κ2) is 7.62. The minimum absolute atomic E-state index is 0.350. The zero-order valence-corrected chi connectivity index (χ0v) is 9.41. The SMILES string of the molecule is C=C(C)OC=O.CNc1cccc(C)c1. The maximum Gasteiger partial charge on any atom is 0.298 e. The number of carbonyl (C=O) groups excluding carboxylic acids is 1. The van der Waals surface area contributed by atoms with Gasteiger partial charge in [0.05, 0.1) is 5.76 Å². The van der Waals surface area contributed by atoms with E-state index >= 15 is 0 Å². The van der Waals surface area contributed by atoms with E-state index in [0.717, 1.165) is 0 Å². The van der Waals surface area contributed by atoms with Crippen molar-refractivity contribution in [3.63, 3.8) is 0 Å². The molecular formula is C12H17NO2. The molecule has 0 heterocycles. The second-order valence-corrected chi connectivity index (χ2v) is 3.04. The summed E-state index contributed by atoms with van der Waals surface area (Å²) in [5.74, 6) is 0.421. The largest absolute Gasteiger partial charge is 0.434 e. The fraction of sp³-hybridized carbons (Fsp3) is 0.250. The number of hydrogen-bond donors (Lipinski definition) is 1. The lowest BCUT2D eigenvalue weighted by molar-refractivity contribution is -0.124. The van der Waals surface area contributed by atoms with Gasteiger partial charge in [-0.05, 0) is 31.5 Å². The van der Waals surface area contributed by atoms with Crippen molar-refractivity contribution in [1.82, 2.24) is 0 Å². The van der Waals surface area contributed by atoms with E-state index in [-0.39, 0.29) is 0 Å². The highest BCUT2D eigenvalue weighted by atomic mass is 16.5. The normalized spacial score (nSPS) is 8.20. The predicted octanol–water partition coefficient (Wildman–Crippen LogP) is 2.73. The molecule has 3 heteroatoms. The molecule has 0 amide bonds. The van der Waals surface area contributed by atoms with E-state index in [0.29, 0.717) is 12.2 Å². The van der Waals surface area contributed by atoms with E-state index in [4.69, 9.17) is 0 Å². The van der Waals surface area contributed by atoms with Gasteiger partial charge >= 0.3 is 0 Å². The molecule has 1 aromatic rings. The summed E-state index contributed by atoms with van der Waals surface area (Å²) >= 11 is 0. The number of rotatable bonds is 3. The number of anilines is 1. The molecule has 0 aromatic heterocycles. The van der Waals surface area contributed by atoms with Crippen LogP contribution in [0.15, 0.2) is 36.6 Å². The van der Waals surface area contributed by atoms with Crippen molar-refractivity contribution in [3.8, 4) is 0 Å². The van der Waals surface area contributed by atoms with E-state index in [1.165, 1.54) is 11.3 Å². The van der Waals surface area contributed by atoms with Crippen molar-refractivity contribution in [3.05, 3.63) is 42.2 Å². The van der Waals surface area contributed by atoms with Crippen LogP contribution in [0.25, 0.3) is 0 Å². The van der Waals surface area contributed by atoms with Gasteiger partial charge in [0.1, 0.15) is 0 Å². The Morgan fingerprint density at radius 1 is 1.53 bits per heavy atom. The molecule has 15 heavy (non-hydrogen) atoms. The van der Waals surface area contributed by atoms with Crippen LogP contribution in [0.2, 0.25) is 0 Å². The minimum atomic E-state index is 0.350. The molecule has 1 N–H and O–H groups in total. The number of allylic oxidation sites excluding steroid dienone is 1. The first kappa shape index (κ1) is 13.2. The van der Waals surface area contributed by atoms with Gasteiger partial charge in [-0.3, -0.25) is 4.79 Å². The van der Waals surface area contributed by atoms with Gasteiger partial charge in [0.25, 0.3) is 6.47 Å². The molecule has 0 aliphatic carbocycles. The lowest BCUT2D eigenvalue weighted by Gasteiger charge is -1.98. The van der Waals surface area contributed by atoms with Crippen molar-refractivity contribution < 1.29 is 9.53 Å². The number of carbonyl (C=O) groups is 1. The van der Waals surface area contributed by atoms with Gasteiger partial charge in [0.15, 0.2) is 0 Å². The van der Waals surface area contributed by atoms with Crippen LogP contribution < -0.4 is 5.32 Å². The molecule has 0 radical (unpaired) electrons. The average Bonchev–Trinajstić information content (AvgIpc) is 2.18. The smallest absolute Gasteiger partial charge is 0.298 e. The summed E-state index contributed by atoms with van der Waals surface area (Å²) in [7, 11) is 1.93. The maximum atomic E-state index is 9.33. The molecule has 0 saturated carbocycles. The molecule has 1 rings (SSSR count). The van der Waals surface area contributed by atoms with E-state index in [9.17, 15) is 4.79 Å². The average molecular weight is 207 g/mol. The topological polar surface area (TPSA) is 38.3 Å². The van der Waals surface area contributed by atoms with E-state index in [2.05, 4.69) is 35.7 Å². The van der Waals surface area contributed by atoms with Gasteiger partial charge in [-0.2, -0.15) is 0 Å². The lowest BCUT2D eigenvalue weighted by Crippen LogP contribution is -1.86. The summed E-state index contributed by atoms with van der Waals surface area (Å²) in [4.78, 5) is 9.33. The highest BCUT2D eigenvalue weighted by Gasteiger charge is 1.84. The fourth-order valence-corrected chi connectivity index (χ4v) is 0.883. The first-order valence-electron chi connectivity index (χ1n) is 4.60. The Hall–Kier alpha value is -1.77. The molecule has 0 saturated heterocycles. The molecule has 0 unspecified atom stereocenters. The Labute approximate surface area is 90.8 Å². The highest BCUT2D eigenvalue weighted by Crippen LogP contribution is 2.07. The van der Waals surface area contributed by atoms with Crippen LogP contribution in [0.3, 0.4) is 0 Å². The second-order valence-electron chi connectivity index (χ2n) is 3.04. The summed E-state index contributed by atoms with van der Waals surface area (Å²) in [6.07, 6.45) is 0. The lowest BCUT2D eigenvalue weighted by atomic mass is 10.2. The number of ether oxygens (including phenoxy) is 1. The third-order valence-corrected chi connectivity index (χ3v) is 1.56. The predicted molar refractivity (Wildman–Crippen MR) is 62.7 cm³/mol. The van der Waals surface area contributed by atoms with Gasteiger partial charge in [-0.1, -0.05) is 18.7 Å². The molecule has 1 aromatic carbocycles. The highest BCUT2D eigenvalue weighted by molar-refractivity contribution is 5.44. The zero-order valence-electron chi connectivity index (χ0n) is 9.41. The van der Waals surface area contributed by atoms with Crippen LogP contribution in [0.1, 0.15) is 12.5 Å². The maximum absolute atomic E-state index is 9.33. The zero-order chi connectivity index (χ0) is 11.7. The molecule has 0 spiro atoms. The van der Waals surface area contributed by atoms with Crippen LogP contribution in [-0.2, 0) is 9.53 Å². The standard InChI is InChI=1S/C8H11N.C4H6O2/c1-7-4-3-5-8(6-7)9-2;1-4(2)6-3-5/h3-6,9H,1-2H3;3H,1H2,2H3. The third-order valence-electron chi connectivity index (χ3n) is 1.56. The van der Waals surface area contributed by atoms with Crippen molar-refractivity contribution in [1.29, 1.82) is 0 Å². The monoisotopic (exact) mass is 207 g/mol. The molecule has 0 aliphatic rings. The first-order chi connectivity index (χ1) is 7.10. The summed E-state index contributed by atoms with van der Waals surface area (Å²) in [5.41, 5.74) is 2.47. The molecule has 82 valence electrons. The quantitative estimate of drug-likeness (QED) is 0.611. The van der Waals surface area contributed by atoms with Crippen LogP contribution in [0.4, 0.5) is 5.69 Å². The first-order valence-corrected chi connectivity index (χ1v) is 4.60. The molecule has 0 atom stereocenters. The molecule has 3 nitrogen and oxygen atoms in total. The number of benzene rings is 1. The number of hydrogen-bond acceptors (Lipinski definition) is 3. The van der Waals surface area contributed by atoms with Crippen LogP contribution in [0, 0.1) is 6.92 Å². The van der Waals surface area contributed by atoms with Crippen LogP contribution >= 0.6 is 0 Å². The van der Waals surface area contributed by atoms with E-state index < -0.39 is 0 Å². The van der Waals surface area contributed by atoms with Crippen molar-refractivity contribution >= 4 is 12.2 Å². The van der Waals surface area contributed by atoms with Gasteiger partial charge in [-0.25, -0.2) is 0 Å². The van der Waals surface area contributed by atoms with Crippen molar-refractivity contribution in [2.24, 2.45) is 0 Å². The van der Waals surface area contributed by atoms with Crippen LogP contribution in [-0.4, -0.2) is 13.5 Å². The van der Waals surface area contributed by atoms with Gasteiger partial charge < -0.3 is 10.1 Å². The van der Waals surface area contributed by atoms with Gasteiger partial charge in [0, 0.05) is 12.7 Å². The van der Waals surface area contributed by atoms with Gasteiger partial charge in [0.2, 0.25) is 0 Å². The fourth-order valence-electron chi connectivity index (χ4n) is 0.883. The molecule has 0 aliphatic heterocycles. The Morgan fingerprint density at radius 3 is 2.47 bits per heavy atom.